The average molecular weight is 426 g/mol. The van der Waals surface area contributed by atoms with Gasteiger partial charge in [0.1, 0.15) is 5.82 Å². The molecule has 0 atom stereocenters. The lowest BCUT2D eigenvalue weighted by Crippen LogP contribution is -2.13. The summed E-state index contributed by atoms with van der Waals surface area (Å²) in [7, 11) is 3.36. The minimum Gasteiger partial charge on any atom is -0.493 e. The van der Waals surface area contributed by atoms with Gasteiger partial charge >= 0.3 is 0 Å². The number of fused-ring (bicyclic) bond motifs is 1. The zero-order chi connectivity index (χ0) is 21.6. The molecule has 0 radical (unpaired) electrons. The Labute approximate surface area is 183 Å². The quantitative estimate of drug-likeness (QED) is 0.529. The lowest BCUT2D eigenvalue weighted by molar-refractivity contribution is 0.200. The summed E-state index contributed by atoms with van der Waals surface area (Å²) in [6.45, 7) is 4.01. The van der Waals surface area contributed by atoms with E-state index in [1.54, 1.807) is 14.2 Å². The fourth-order valence-corrected chi connectivity index (χ4v) is 3.99. The number of rotatable bonds is 10. The predicted molar refractivity (Wildman–Crippen MR) is 119 cm³/mol. The predicted octanol–water partition coefficient (Wildman–Crippen LogP) is 3.78. The molecule has 8 heteroatoms. The van der Waals surface area contributed by atoms with E-state index in [1.165, 1.54) is 12.8 Å². The summed E-state index contributed by atoms with van der Waals surface area (Å²) >= 11 is 0. The van der Waals surface area contributed by atoms with Crippen molar-refractivity contribution < 1.29 is 14.2 Å². The van der Waals surface area contributed by atoms with Gasteiger partial charge in [0.15, 0.2) is 28.8 Å². The van der Waals surface area contributed by atoms with Gasteiger partial charge in [0, 0.05) is 20.1 Å². The molecule has 1 N–H and O–H groups in total. The van der Waals surface area contributed by atoms with Crippen LogP contribution < -0.4 is 14.8 Å². The molecule has 0 aromatic heterocycles. The SMILES string of the molecule is CCNc1ncn(Cc2ccc(OC)c(OC3CCCC3)c2)c2nc(CCOC)nc1-2. The summed E-state index contributed by atoms with van der Waals surface area (Å²) in [4.78, 5) is 14.1. The molecule has 1 aromatic carbocycles. The van der Waals surface area contributed by atoms with Crippen molar-refractivity contribution in [1.29, 1.82) is 0 Å². The molecule has 8 nitrogen and oxygen atoms in total. The Morgan fingerprint density at radius 1 is 1.13 bits per heavy atom. The van der Waals surface area contributed by atoms with Crippen LogP contribution in [0.15, 0.2) is 24.5 Å². The molecule has 31 heavy (non-hydrogen) atoms. The third-order valence-corrected chi connectivity index (χ3v) is 5.56. The number of anilines is 1. The normalized spacial score (nSPS) is 14.3. The average Bonchev–Trinajstić information content (AvgIpc) is 3.44. The first-order chi connectivity index (χ1) is 15.2. The third-order valence-electron chi connectivity index (χ3n) is 5.56. The van der Waals surface area contributed by atoms with Gasteiger partial charge in [-0.2, -0.15) is 0 Å². The van der Waals surface area contributed by atoms with Crippen molar-refractivity contribution in [3.63, 3.8) is 0 Å². The zero-order valence-corrected chi connectivity index (χ0v) is 18.6. The number of methoxy groups -OCH3 is 2. The Hall–Kier alpha value is -2.87. The Balaban J connectivity index is 1.62. The summed E-state index contributed by atoms with van der Waals surface area (Å²) in [5, 5.41) is 3.28. The molecule has 1 fully saturated rings. The van der Waals surface area contributed by atoms with Gasteiger partial charge in [-0.05, 0) is 50.3 Å². The van der Waals surface area contributed by atoms with E-state index in [4.69, 9.17) is 24.2 Å². The lowest BCUT2D eigenvalue weighted by Gasteiger charge is -2.18. The Kier molecular flexibility index (Phi) is 6.86. The Bertz CT molecular complexity index is 968. The maximum absolute atomic E-state index is 6.26. The smallest absolute Gasteiger partial charge is 0.166 e. The van der Waals surface area contributed by atoms with E-state index < -0.39 is 0 Å². The second-order valence-corrected chi connectivity index (χ2v) is 7.82. The molecule has 3 aliphatic rings. The fourth-order valence-electron chi connectivity index (χ4n) is 3.99. The highest BCUT2D eigenvalue weighted by atomic mass is 16.5. The molecular weight excluding hydrogens is 394 g/mol. The standard InChI is InChI=1S/C23H31N5O3/c1-4-24-22-21-23(27-20(26-21)11-12-29-2)28(15-25-22)14-16-9-10-18(30-3)19(13-16)31-17-7-5-6-8-17/h9-10,13,15,17,24H,4-8,11-12,14H2,1-3H3. The largest absolute Gasteiger partial charge is 0.493 e. The van der Waals surface area contributed by atoms with Gasteiger partial charge in [-0.1, -0.05) is 6.07 Å². The van der Waals surface area contributed by atoms with Crippen LogP contribution in [-0.2, 0) is 17.7 Å². The van der Waals surface area contributed by atoms with Gasteiger partial charge in [-0.15, -0.1) is 0 Å². The summed E-state index contributed by atoms with van der Waals surface area (Å²) < 4.78 is 19.0. The van der Waals surface area contributed by atoms with E-state index in [0.29, 0.717) is 19.6 Å². The van der Waals surface area contributed by atoms with E-state index in [0.717, 1.165) is 59.6 Å². The molecule has 0 unspecified atom stereocenters. The second kappa shape index (κ2) is 9.96. The van der Waals surface area contributed by atoms with Crippen molar-refractivity contribution in [1.82, 2.24) is 19.5 Å². The monoisotopic (exact) mass is 425 g/mol. The molecule has 1 aromatic rings. The summed E-state index contributed by atoms with van der Waals surface area (Å²) in [5.41, 5.74) is 1.88. The van der Waals surface area contributed by atoms with Crippen LogP contribution in [0.25, 0.3) is 11.5 Å². The number of imidazole rings is 1. The maximum atomic E-state index is 6.26. The number of ether oxygens (including phenoxy) is 3. The second-order valence-electron chi connectivity index (χ2n) is 7.82. The number of hydrogen-bond donors (Lipinski definition) is 1. The summed E-state index contributed by atoms with van der Waals surface area (Å²) in [6, 6.07) is 6.09. The minimum absolute atomic E-state index is 0.272. The van der Waals surface area contributed by atoms with E-state index in [9.17, 15) is 0 Å². The molecule has 166 valence electrons. The zero-order valence-electron chi connectivity index (χ0n) is 18.6. The highest BCUT2D eigenvalue weighted by Crippen LogP contribution is 2.33. The highest BCUT2D eigenvalue weighted by Gasteiger charge is 2.21. The van der Waals surface area contributed by atoms with Crippen molar-refractivity contribution in [3.05, 3.63) is 35.9 Å². The topological polar surface area (TPSA) is 83.3 Å². The number of nitrogens with one attached hydrogen (secondary N) is 1. The molecule has 1 saturated carbocycles. The van der Waals surface area contributed by atoms with Crippen LogP contribution in [0.3, 0.4) is 0 Å². The van der Waals surface area contributed by atoms with Crippen LogP contribution in [0.4, 0.5) is 5.82 Å². The molecule has 2 heterocycles. The molecule has 4 rings (SSSR count). The number of nitrogens with zero attached hydrogens (tertiary/aromatic N) is 4. The van der Waals surface area contributed by atoms with E-state index >= 15 is 0 Å². The van der Waals surface area contributed by atoms with E-state index in [-0.39, 0.29) is 6.10 Å². The number of benzene rings is 1. The van der Waals surface area contributed by atoms with Crippen LogP contribution >= 0.6 is 0 Å². The molecular formula is C23H31N5O3. The molecule has 2 aliphatic heterocycles. The van der Waals surface area contributed by atoms with Crippen molar-refractivity contribution in [2.75, 3.05) is 32.7 Å². The third kappa shape index (κ3) is 4.90. The van der Waals surface area contributed by atoms with E-state index in [2.05, 4.69) is 22.4 Å². The lowest BCUT2D eigenvalue weighted by atomic mass is 10.2. The van der Waals surface area contributed by atoms with E-state index in [1.807, 2.05) is 23.9 Å². The van der Waals surface area contributed by atoms with Gasteiger partial charge in [0.25, 0.3) is 0 Å². The Morgan fingerprint density at radius 3 is 2.71 bits per heavy atom. The van der Waals surface area contributed by atoms with Crippen molar-refractivity contribution in [2.24, 2.45) is 0 Å². The van der Waals surface area contributed by atoms with Gasteiger partial charge in [0.2, 0.25) is 0 Å². The number of aromatic nitrogens is 4. The van der Waals surface area contributed by atoms with Crippen molar-refractivity contribution >= 4 is 5.82 Å². The van der Waals surface area contributed by atoms with Crippen LogP contribution in [-0.4, -0.2) is 53.0 Å². The highest BCUT2D eigenvalue weighted by molar-refractivity contribution is 5.67. The van der Waals surface area contributed by atoms with Crippen LogP contribution in [0.1, 0.15) is 44.0 Å². The Morgan fingerprint density at radius 2 is 1.97 bits per heavy atom. The van der Waals surface area contributed by atoms with Gasteiger partial charge < -0.3 is 24.1 Å². The fraction of sp³-hybridized carbons (Fsp3) is 0.522. The molecule has 0 spiro atoms. The summed E-state index contributed by atoms with van der Waals surface area (Å²) in [5.74, 6) is 3.89. The molecule has 0 amide bonds. The van der Waals surface area contributed by atoms with Crippen LogP contribution in [0.2, 0.25) is 0 Å². The van der Waals surface area contributed by atoms with Gasteiger partial charge in [-0.3, -0.25) is 0 Å². The first-order valence-corrected chi connectivity index (χ1v) is 11.0. The van der Waals surface area contributed by atoms with Crippen LogP contribution in [0, 0.1) is 0 Å². The summed E-state index contributed by atoms with van der Waals surface area (Å²) in [6.07, 6.45) is 7.42. The van der Waals surface area contributed by atoms with Gasteiger partial charge in [-0.25, -0.2) is 15.0 Å². The van der Waals surface area contributed by atoms with Crippen molar-refractivity contribution in [2.45, 2.75) is 51.7 Å². The minimum atomic E-state index is 0.272. The molecule has 0 bridgehead atoms. The first-order valence-electron chi connectivity index (χ1n) is 11.0. The molecule has 1 aliphatic carbocycles. The van der Waals surface area contributed by atoms with Crippen LogP contribution in [0.5, 0.6) is 11.5 Å². The van der Waals surface area contributed by atoms with Crippen molar-refractivity contribution in [3.8, 4) is 23.0 Å². The molecule has 0 saturated heterocycles. The van der Waals surface area contributed by atoms with Gasteiger partial charge in [0.05, 0.1) is 32.7 Å². The first kappa shape index (κ1) is 21.4. The number of hydrogen-bond acceptors (Lipinski definition) is 7. The maximum Gasteiger partial charge on any atom is 0.166 e.